The van der Waals surface area contributed by atoms with Crippen molar-refractivity contribution in [3.63, 3.8) is 0 Å². The number of benzene rings is 1. The van der Waals surface area contributed by atoms with Crippen LogP contribution in [0.3, 0.4) is 0 Å². The molecule has 1 aromatic rings. The molecule has 0 aromatic heterocycles. The van der Waals surface area contributed by atoms with E-state index in [9.17, 15) is 21.9 Å². The molecule has 0 heterocycles. The first-order chi connectivity index (χ1) is 8.69. The van der Waals surface area contributed by atoms with Crippen LogP contribution in [0.4, 0.5) is 13.2 Å². The molecule has 0 aliphatic carbocycles. The van der Waals surface area contributed by atoms with Crippen molar-refractivity contribution in [1.82, 2.24) is 0 Å². The number of alkyl halides is 3. The van der Waals surface area contributed by atoms with Crippen molar-refractivity contribution in [2.24, 2.45) is 0 Å². The highest BCUT2D eigenvalue weighted by molar-refractivity contribution is 8.10. The van der Waals surface area contributed by atoms with Crippen LogP contribution < -0.4 is 0 Å². The molecular formula is C13H19F3O3S. The van der Waals surface area contributed by atoms with Crippen molar-refractivity contribution >= 4 is 9.63 Å². The van der Waals surface area contributed by atoms with E-state index < -0.39 is 22.4 Å². The molecule has 0 unspecified atom stereocenters. The standard InChI is InChI=1S/C13H19F3O3S/c1-12(2,3)10-5-7-11(8-6-10)20(4,17,18)19-9-13(14,15)16/h5-8H,9H2,1-4H3,(H,17,18). The van der Waals surface area contributed by atoms with E-state index in [4.69, 9.17) is 0 Å². The Morgan fingerprint density at radius 3 is 1.95 bits per heavy atom. The van der Waals surface area contributed by atoms with Crippen LogP contribution in [0.15, 0.2) is 29.2 Å². The summed E-state index contributed by atoms with van der Waals surface area (Å²) in [5, 5.41) is 0. The number of rotatable bonds is 3. The summed E-state index contributed by atoms with van der Waals surface area (Å²) in [6.45, 7) is 4.11. The summed E-state index contributed by atoms with van der Waals surface area (Å²) in [5.74, 6) is 0. The zero-order valence-electron chi connectivity index (χ0n) is 11.8. The monoisotopic (exact) mass is 312 g/mol. The summed E-state index contributed by atoms with van der Waals surface area (Å²) in [7, 11) is -4.95. The van der Waals surface area contributed by atoms with Gasteiger partial charge in [-0.25, -0.2) is 4.21 Å². The topological polar surface area (TPSA) is 46.5 Å². The fraction of sp³-hybridized carbons (Fsp3) is 0.538. The first-order valence-corrected chi connectivity index (χ1v) is 8.17. The minimum Gasteiger partial charge on any atom is -0.304 e. The van der Waals surface area contributed by atoms with Crippen LogP contribution in [0.2, 0.25) is 0 Å². The molecule has 0 aliphatic rings. The van der Waals surface area contributed by atoms with Gasteiger partial charge >= 0.3 is 6.18 Å². The van der Waals surface area contributed by atoms with E-state index in [2.05, 4.69) is 4.18 Å². The minimum atomic E-state index is -4.95. The highest BCUT2D eigenvalue weighted by Gasteiger charge is 2.38. The quantitative estimate of drug-likeness (QED) is 0.924. The largest absolute Gasteiger partial charge is 0.413 e. The molecule has 0 atom stereocenters. The van der Waals surface area contributed by atoms with Crippen molar-refractivity contribution in [3.8, 4) is 0 Å². The maximum atomic E-state index is 12.2. The predicted molar refractivity (Wildman–Crippen MR) is 72.1 cm³/mol. The SMILES string of the molecule is CC(C)(C)c1ccc(S(C)(=O)(O)OCC(F)(F)F)cc1. The van der Waals surface area contributed by atoms with Gasteiger partial charge in [0.1, 0.15) is 9.63 Å². The normalized spacial score (nSPS) is 15.7. The van der Waals surface area contributed by atoms with Gasteiger partial charge in [-0.1, -0.05) is 32.9 Å². The van der Waals surface area contributed by atoms with Gasteiger partial charge in [-0.15, -0.1) is 0 Å². The first-order valence-electron chi connectivity index (χ1n) is 5.91. The van der Waals surface area contributed by atoms with E-state index >= 15 is 0 Å². The summed E-state index contributed by atoms with van der Waals surface area (Å²) < 4.78 is 62.8. The van der Waals surface area contributed by atoms with Crippen LogP contribution in [0.25, 0.3) is 0 Å². The van der Waals surface area contributed by atoms with Crippen LogP contribution >= 0.6 is 0 Å². The molecule has 1 aromatic carbocycles. The van der Waals surface area contributed by atoms with Crippen molar-refractivity contribution < 1.29 is 26.1 Å². The van der Waals surface area contributed by atoms with Crippen LogP contribution in [-0.2, 0) is 19.2 Å². The Hall–Kier alpha value is -0.920. The fourth-order valence-corrected chi connectivity index (χ4v) is 2.84. The van der Waals surface area contributed by atoms with Gasteiger partial charge in [-0.3, -0.25) is 4.18 Å². The highest BCUT2D eigenvalue weighted by Crippen LogP contribution is 2.34. The molecule has 0 aliphatic heterocycles. The molecule has 20 heavy (non-hydrogen) atoms. The maximum absolute atomic E-state index is 12.2. The lowest BCUT2D eigenvalue weighted by atomic mass is 9.87. The van der Waals surface area contributed by atoms with Gasteiger partial charge in [-0.2, -0.15) is 13.2 Å². The molecule has 0 saturated heterocycles. The molecule has 0 fully saturated rings. The molecule has 7 heteroatoms. The second-order valence-corrected chi connectivity index (χ2v) is 8.94. The first kappa shape index (κ1) is 17.1. The molecule has 0 amide bonds. The molecule has 116 valence electrons. The second kappa shape index (κ2) is 4.82. The maximum Gasteiger partial charge on any atom is 0.413 e. The zero-order valence-corrected chi connectivity index (χ0v) is 12.6. The van der Waals surface area contributed by atoms with Crippen molar-refractivity contribution in [3.05, 3.63) is 29.8 Å². The Morgan fingerprint density at radius 2 is 1.60 bits per heavy atom. The van der Waals surface area contributed by atoms with E-state index in [0.717, 1.165) is 11.8 Å². The van der Waals surface area contributed by atoms with Crippen molar-refractivity contribution in [2.45, 2.75) is 37.3 Å². The summed E-state index contributed by atoms with van der Waals surface area (Å²) >= 11 is 0. The summed E-state index contributed by atoms with van der Waals surface area (Å²) in [6, 6.07) is 5.87. The van der Waals surface area contributed by atoms with Crippen LogP contribution in [0, 0.1) is 0 Å². The minimum absolute atomic E-state index is 0.161. The smallest absolute Gasteiger partial charge is 0.304 e. The molecule has 3 nitrogen and oxygen atoms in total. The van der Waals surface area contributed by atoms with Crippen LogP contribution in [0.1, 0.15) is 26.3 Å². The lowest BCUT2D eigenvalue weighted by Crippen LogP contribution is -2.37. The van der Waals surface area contributed by atoms with E-state index in [1.807, 2.05) is 20.8 Å². The predicted octanol–water partition coefficient (Wildman–Crippen LogP) is 3.76. The Labute approximate surface area is 116 Å². The molecular weight excluding hydrogens is 293 g/mol. The zero-order chi connectivity index (χ0) is 15.8. The van der Waals surface area contributed by atoms with E-state index in [1.165, 1.54) is 12.1 Å². The van der Waals surface area contributed by atoms with Gasteiger partial charge in [-0.05, 0) is 23.1 Å². The van der Waals surface area contributed by atoms with E-state index in [-0.39, 0.29) is 10.3 Å². The van der Waals surface area contributed by atoms with Crippen LogP contribution in [-0.4, -0.2) is 27.8 Å². The van der Waals surface area contributed by atoms with E-state index in [1.54, 1.807) is 12.1 Å². The van der Waals surface area contributed by atoms with Crippen molar-refractivity contribution in [2.75, 3.05) is 12.9 Å². The average molecular weight is 312 g/mol. The summed E-state index contributed by atoms with van der Waals surface area (Å²) in [6.07, 6.45) is -3.89. The third-order valence-electron chi connectivity index (χ3n) is 2.75. The summed E-state index contributed by atoms with van der Waals surface area (Å²) in [5.41, 5.74) is 0.742. The molecule has 1 N–H and O–H groups in total. The fourth-order valence-electron chi connectivity index (χ4n) is 1.54. The third kappa shape index (κ3) is 4.57. The number of hydrogen-bond donors (Lipinski definition) is 1. The van der Waals surface area contributed by atoms with Gasteiger partial charge in [0, 0.05) is 6.26 Å². The van der Waals surface area contributed by atoms with Gasteiger partial charge in [0.05, 0.1) is 4.90 Å². The van der Waals surface area contributed by atoms with Gasteiger partial charge in [0.15, 0.2) is 6.61 Å². The van der Waals surface area contributed by atoms with Gasteiger partial charge in [0.2, 0.25) is 0 Å². The number of hydrogen-bond acceptors (Lipinski definition) is 2. The molecule has 0 saturated carbocycles. The lowest BCUT2D eigenvalue weighted by molar-refractivity contribution is -0.154. The Morgan fingerprint density at radius 1 is 1.15 bits per heavy atom. The molecule has 0 spiro atoms. The van der Waals surface area contributed by atoms with Crippen molar-refractivity contribution in [1.29, 1.82) is 0 Å². The summed E-state index contributed by atoms with van der Waals surface area (Å²) in [4.78, 5) is -0.167. The second-order valence-electron chi connectivity index (χ2n) is 5.85. The van der Waals surface area contributed by atoms with Gasteiger partial charge < -0.3 is 4.55 Å². The molecule has 1 rings (SSSR count). The highest BCUT2D eigenvalue weighted by atomic mass is 32.3. The van der Waals surface area contributed by atoms with Gasteiger partial charge in [0.25, 0.3) is 0 Å². The molecule has 0 radical (unpaired) electrons. The third-order valence-corrected chi connectivity index (χ3v) is 4.77. The van der Waals surface area contributed by atoms with Crippen LogP contribution in [0.5, 0.6) is 0 Å². The lowest BCUT2D eigenvalue weighted by Gasteiger charge is -2.33. The molecule has 0 bridgehead atoms. The Bertz CT molecular complexity index is 535. The Kier molecular flexibility index (Phi) is 4.13. The average Bonchev–Trinajstić information content (AvgIpc) is 2.25. The number of halogens is 3. The van der Waals surface area contributed by atoms with E-state index in [0.29, 0.717) is 0 Å². The Balaban J connectivity index is 3.06.